The number of halogens is 5. The van der Waals surface area contributed by atoms with Gasteiger partial charge in [-0.2, -0.15) is 13.2 Å². The van der Waals surface area contributed by atoms with E-state index < -0.39 is 29.9 Å². The Morgan fingerprint density at radius 3 is 2.12 bits per heavy atom. The third-order valence-corrected chi connectivity index (χ3v) is 7.85. The molecule has 2 aliphatic heterocycles. The zero-order chi connectivity index (χ0) is 31.3. The minimum atomic E-state index is -4.59. The van der Waals surface area contributed by atoms with Gasteiger partial charge in [0.15, 0.2) is 0 Å². The van der Waals surface area contributed by atoms with Gasteiger partial charge in [0.05, 0.1) is 23.8 Å². The van der Waals surface area contributed by atoms with E-state index in [1.165, 1.54) is 25.6 Å². The van der Waals surface area contributed by atoms with Gasteiger partial charge in [-0.05, 0) is 87.6 Å². The lowest BCUT2D eigenvalue weighted by Crippen LogP contribution is -2.37. The summed E-state index contributed by atoms with van der Waals surface area (Å²) in [5, 5.41) is 14.4. The van der Waals surface area contributed by atoms with Gasteiger partial charge in [-0.15, -0.1) is 0 Å². The molecule has 2 N–H and O–H groups in total. The highest BCUT2D eigenvalue weighted by atomic mass is 35.5. The number of nitrogens with zero attached hydrogens (tertiary/aromatic N) is 3. The lowest BCUT2D eigenvalue weighted by Gasteiger charge is -2.27. The minimum absolute atomic E-state index is 0.0189. The second-order valence-electron chi connectivity index (χ2n) is 10.3. The summed E-state index contributed by atoms with van der Waals surface area (Å²) in [7, 11) is 4.20. The molecule has 5 rings (SSSR count). The third-order valence-electron chi connectivity index (χ3n) is 7.35. The molecule has 2 heterocycles. The topological polar surface area (TPSA) is 77.4 Å². The average Bonchev–Trinajstić information content (AvgIpc) is 3.58. The fourth-order valence-electron chi connectivity index (χ4n) is 5.18. The Kier molecular flexibility index (Phi) is 10.6. The largest absolute Gasteiger partial charge is 0.493 e. The van der Waals surface area contributed by atoms with Crippen LogP contribution in [-0.2, 0) is 6.18 Å². The van der Waals surface area contributed by atoms with E-state index in [9.17, 15) is 23.1 Å². The Labute approximate surface area is 258 Å². The van der Waals surface area contributed by atoms with Crippen LogP contribution in [0, 0.1) is 0 Å². The molecule has 3 unspecified atom stereocenters. The number of carbonyl (C=O) groups is 1. The number of hydrogen-bond donors (Lipinski definition) is 2. The SMILES string of the molecule is CCOc1cc(C(F)(F)F)ccc1C1=NC(c2ccc(Cl)cc2)C(c2ccc(Cl)cc2)N1C(=O)O.CNC1CCN(C)C1. The number of carboxylic acid groups (broad SMARTS) is 1. The number of likely N-dealkylation sites (tertiary alicyclic amines) is 1. The van der Waals surface area contributed by atoms with Crippen LogP contribution in [0.5, 0.6) is 5.75 Å². The molecule has 3 atom stereocenters. The standard InChI is InChI=1S/C25H19Cl2F3N2O3.C6H14N2/c1-2-35-20-13-16(25(28,29)30)7-12-19(20)23-31-21(14-3-8-17(26)9-4-14)22(32(23)24(33)34)15-5-10-18(27)11-6-15;1-7-6-3-4-8(2)5-6/h3-13,21-22H,2H2,1H3,(H,33,34);6-7H,3-5H2,1-2H3. The molecule has 1 fully saturated rings. The maximum Gasteiger partial charge on any atom is 0.416 e. The number of hydrogen-bond acceptors (Lipinski definition) is 5. The van der Waals surface area contributed by atoms with E-state index in [-0.39, 0.29) is 23.8 Å². The number of rotatable bonds is 6. The van der Waals surface area contributed by atoms with E-state index in [0.717, 1.165) is 23.1 Å². The summed E-state index contributed by atoms with van der Waals surface area (Å²) in [4.78, 5) is 20.6. The van der Waals surface area contributed by atoms with Crippen LogP contribution in [0.2, 0.25) is 10.0 Å². The van der Waals surface area contributed by atoms with Crippen molar-refractivity contribution in [2.75, 3.05) is 33.8 Å². The van der Waals surface area contributed by atoms with Crippen molar-refractivity contribution in [1.82, 2.24) is 15.1 Å². The molecule has 3 aromatic rings. The smallest absolute Gasteiger partial charge is 0.416 e. The monoisotopic (exact) mass is 636 g/mol. The van der Waals surface area contributed by atoms with Gasteiger partial charge in [0.2, 0.25) is 0 Å². The molecule has 43 heavy (non-hydrogen) atoms. The number of alkyl halides is 3. The minimum Gasteiger partial charge on any atom is -0.493 e. The molecule has 12 heteroatoms. The average molecular weight is 638 g/mol. The molecule has 0 bridgehead atoms. The first-order chi connectivity index (χ1) is 20.4. The maximum atomic E-state index is 13.3. The summed E-state index contributed by atoms with van der Waals surface area (Å²) in [6.45, 7) is 4.18. The van der Waals surface area contributed by atoms with Crippen LogP contribution in [0.25, 0.3) is 0 Å². The van der Waals surface area contributed by atoms with Crippen molar-refractivity contribution < 1.29 is 27.8 Å². The second kappa shape index (κ2) is 14.0. The number of likely N-dealkylation sites (N-methyl/N-ethyl adjacent to an activating group) is 2. The Morgan fingerprint density at radius 1 is 1.05 bits per heavy atom. The predicted molar refractivity (Wildman–Crippen MR) is 162 cm³/mol. The Bertz CT molecular complexity index is 1440. The molecule has 7 nitrogen and oxygen atoms in total. The molecular weight excluding hydrogens is 604 g/mol. The normalized spacial score (nSPS) is 20.4. The molecule has 0 radical (unpaired) electrons. The lowest BCUT2D eigenvalue weighted by atomic mass is 9.94. The number of amidine groups is 1. The second-order valence-corrected chi connectivity index (χ2v) is 11.1. The summed E-state index contributed by atoms with van der Waals surface area (Å²) in [6.07, 6.45) is -4.60. The summed E-state index contributed by atoms with van der Waals surface area (Å²) < 4.78 is 45.5. The number of ether oxygens (including phenoxy) is 1. The van der Waals surface area contributed by atoms with Crippen LogP contribution in [0.1, 0.15) is 47.7 Å². The summed E-state index contributed by atoms with van der Waals surface area (Å²) in [5.74, 6) is -0.131. The van der Waals surface area contributed by atoms with Gasteiger partial charge in [0.1, 0.15) is 17.6 Å². The van der Waals surface area contributed by atoms with Gasteiger partial charge in [-0.25, -0.2) is 4.79 Å². The predicted octanol–water partition coefficient (Wildman–Crippen LogP) is 7.54. The van der Waals surface area contributed by atoms with Gasteiger partial charge < -0.3 is 20.1 Å². The van der Waals surface area contributed by atoms with Crippen LogP contribution >= 0.6 is 23.2 Å². The number of amides is 1. The molecule has 0 spiro atoms. The zero-order valence-electron chi connectivity index (χ0n) is 23.9. The molecule has 1 saturated heterocycles. The molecule has 230 valence electrons. The Balaban J connectivity index is 0.000000458. The molecule has 1 amide bonds. The first-order valence-corrected chi connectivity index (χ1v) is 14.5. The van der Waals surface area contributed by atoms with Gasteiger partial charge in [0, 0.05) is 22.6 Å². The third kappa shape index (κ3) is 7.80. The Hall–Kier alpha value is -3.31. The highest BCUT2D eigenvalue weighted by Crippen LogP contribution is 2.45. The van der Waals surface area contributed by atoms with Crippen LogP contribution in [-0.4, -0.2) is 66.7 Å². The van der Waals surface area contributed by atoms with E-state index in [0.29, 0.717) is 21.2 Å². The molecule has 0 aliphatic carbocycles. The molecular formula is C31H33Cl2F3N4O3. The van der Waals surface area contributed by atoms with Gasteiger partial charge in [-0.3, -0.25) is 9.89 Å². The molecule has 2 aliphatic rings. The highest BCUT2D eigenvalue weighted by molar-refractivity contribution is 6.30. The zero-order valence-corrected chi connectivity index (χ0v) is 25.4. The molecule has 0 aromatic heterocycles. The van der Waals surface area contributed by atoms with Crippen LogP contribution in [0.3, 0.4) is 0 Å². The van der Waals surface area contributed by atoms with E-state index in [1.807, 2.05) is 7.05 Å². The fourth-order valence-corrected chi connectivity index (χ4v) is 5.44. The molecule has 3 aromatic carbocycles. The van der Waals surface area contributed by atoms with Crippen molar-refractivity contribution in [3.8, 4) is 5.75 Å². The van der Waals surface area contributed by atoms with Crippen LogP contribution < -0.4 is 10.1 Å². The van der Waals surface area contributed by atoms with E-state index in [4.69, 9.17) is 32.9 Å². The van der Waals surface area contributed by atoms with E-state index in [1.54, 1.807) is 55.5 Å². The van der Waals surface area contributed by atoms with Crippen LogP contribution in [0.15, 0.2) is 71.7 Å². The summed E-state index contributed by atoms with van der Waals surface area (Å²) >= 11 is 12.1. The lowest BCUT2D eigenvalue weighted by molar-refractivity contribution is -0.137. The molecule has 0 saturated carbocycles. The van der Waals surface area contributed by atoms with E-state index in [2.05, 4.69) is 17.3 Å². The van der Waals surface area contributed by atoms with Crippen molar-refractivity contribution in [3.63, 3.8) is 0 Å². The number of nitrogens with one attached hydrogen (secondary N) is 1. The highest BCUT2D eigenvalue weighted by Gasteiger charge is 2.43. The van der Waals surface area contributed by atoms with Crippen molar-refractivity contribution in [2.24, 2.45) is 4.99 Å². The first-order valence-electron chi connectivity index (χ1n) is 13.7. The van der Waals surface area contributed by atoms with Crippen molar-refractivity contribution in [2.45, 2.75) is 37.6 Å². The van der Waals surface area contributed by atoms with Gasteiger partial charge >= 0.3 is 12.3 Å². The quantitative estimate of drug-likeness (QED) is 0.292. The van der Waals surface area contributed by atoms with Gasteiger partial charge in [0.25, 0.3) is 0 Å². The van der Waals surface area contributed by atoms with Crippen molar-refractivity contribution in [1.29, 1.82) is 0 Å². The number of aliphatic imine (C=N–C) groups is 1. The van der Waals surface area contributed by atoms with Gasteiger partial charge in [-0.1, -0.05) is 47.5 Å². The fraction of sp³-hybridized carbons (Fsp3) is 0.355. The Morgan fingerprint density at radius 2 is 1.65 bits per heavy atom. The van der Waals surface area contributed by atoms with Crippen molar-refractivity contribution in [3.05, 3.63) is 99.0 Å². The van der Waals surface area contributed by atoms with Crippen LogP contribution in [0.4, 0.5) is 18.0 Å². The maximum absolute atomic E-state index is 13.3. The summed E-state index contributed by atoms with van der Waals surface area (Å²) in [6, 6.07) is 15.6. The first kappa shape index (κ1) is 32.6. The van der Waals surface area contributed by atoms with E-state index >= 15 is 0 Å². The number of benzene rings is 3. The summed E-state index contributed by atoms with van der Waals surface area (Å²) in [5.41, 5.74) is 0.521. The van der Waals surface area contributed by atoms with Crippen molar-refractivity contribution >= 4 is 35.1 Å².